The molecule has 0 rings (SSSR count). The van der Waals surface area contributed by atoms with Crippen LogP contribution < -0.4 is 9.79 Å². The summed E-state index contributed by atoms with van der Waals surface area (Å²) in [5.74, 6) is -2.36. The van der Waals surface area contributed by atoms with Crippen molar-refractivity contribution < 1.29 is 41.4 Å². The van der Waals surface area contributed by atoms with Crippen molar-refractivity contribution in [2.24, 2.45) is 0 Å². The first-order valence-electron chi connectivity index (χ1n) is 2.82. The number of carbonyl (C=O) groups excluding carboxylic acids is 1. The number of hydrogen-bond donors (Lipinski definition) is 1. The Morgan fingerprint density at radius 2 is 1.86 bits per heavy atom. The molecule has 0 heterocycles. The molecule has 0 fully saturated rings. The quantitative estimate of drug-likeness (QED) is 0.303. The van der Waals surface area contributed by atoms with Gasteiger partial charge in [0.2, 0.25) is 0 Å². The number of carbonyl (C=O) groups is 1. The molecule has 14 heavy (non-hydrogen) atoms. The van der Waals surface area contributed by atoms with E-state index in [4.69, 9.17) is 5.11 Å². The zero-order valence-corrected chi connectivity index (χ0v) is 8.28. The van der Waals surface area contributed by atoms with Crippen molar-refractivity contribution in [1.82, 2.24) is 0 Å². The Labute approximate surface area is 78.4 Å². The van der Waals surface area contributed by atoms with E-state index in [0.29, 0.717) is 0 Å². The normalized spacial score (nSPS) is 17.2. The molecule has 0 aromatic carbocycles. The molecule has 0 aromatic heterocycles. The summed E-state index contributed by atoms with van der Waals surface area (Å²) >= 11 is 0. The summed E-state index contributed by atoms with van der Waals surface area (Å²) in [7, 11) is -11.4. The molecule has 1 atom stereocenters. The smallest absolute Gasteiger partial charge is 0.357 e. The number of hydrogen-bond acceptors (Lipinski definition) is 9. The van der Waals surface area contributed by atoms with Gasteiger partial charge in [0.15, 0.2) is 5.34 Å². The Hall–Kier alpha value is -0.510. The van der Waals surface area contributed by atoms with Gasteiger partial charge in [0.1, 0.15) is 0 Å². The fourth-order valence-corrected chi connectivity index (χ4v) is 0.962. The van der Waals surface area contributed by atoms with E-state index in [1.165, 1.54) is 0 Å². The molecule has 84 valence electrons. The van der Waals surface area contributed by atoms with E-state index >= 15 is 0 Å². The second kappa shape index (κ2) is 3.57. The number of aliphatic hydroxyl groups is 1. The van der Waals surface area contributed by atoms with Gasteiger partial charge in [-0.1, -0.05) is 0 Å². The van der Waals surface area contributed by atoms with Crippen LogP contribution in [0.25, 0.3) is 0 Å². The third-order valence-electron chi connectivity index (χ3n) is 1.10. The average molecular weight is 247 g/mol. The minimum absolute atomic E-state index is 0.196. The van der Waals surface area contributed by atoms with Crippen LogP contribution in [0.4, 0.5) is 0 Å². The fourth-order valence-electron chi connectivity index (χ4n) is 0.283. The van der Waals surface area contributed by atoms with Crippen molar-refractivity contribution in [3.05, 3.63) is 0 Å². The first-order valence-corrected chi connectivity index (χ1v) is 5.70. The first kappa shape index (κ1) is 13.5. The second-order valence-electron chi connectivity index (χ2n) is 2.30. The van der Waals surface area contributed by atoms with Gasteiger partial charge in [0.05, 0.1) is 0 Å². The summed E-state index contributed by atoms with van der Waals surface area (Å²) in [6.45, 7) is 0.196. The largest absolute Gasteiger partial charge is 0.808 e. The van der Waals surface area contributed by atoms with Gasteiger partial charge in [-0.25, -0.2) is 13.2 Å². The SMILES string of the molecule is CC(O)(C(=O)OS(=O)(=O)[O-])P(=O)([O-])[O-]. The lowest BCUT2D eigenvalue weighted by atomic mass is 10.4. The predicted octanol–water partition coefficient (Wildman–Crippen LogP) is -3.39. The van der Waals surface area contributed by atoms with Gasteiger partial charge in [-0.3, -0.25) is 0 Å². The molecule has 0 spiro atoms. The molecule has 0 radical (unpaired) electrons. The van der Waals surface area contributed by atoms with Gasteiger partial charge in [0, 0.05) is 0 Å². The minimum atomic E-state index is -5.83. The van der Waals surface area contributed by atoms with Gasteiger partial charge in [-0.2, -0.15) is 0 Å². The van der Waals surface area contributed by atoms with Crippen molar-refractivity contribution in [3.63, 3.8) is 0 Å². The van der Waals surface area contributed by atoms with E-state index in [2.05, 4.69) is 4.18 Å². The highest BCUT2D eigenvalue weighted by Gasteiger charge is 2.37. The van der Waals surface area contributed by atoms with Crippen LogP contribution in [0.1, 0.15) is 6.92 Å². The molecule has 0 aliphatic rings. The van der Waals surface area contributed by atoms with Crippen LogP contribution in [-0.2, 0) is 23.9 Å². The van der Waals surface area contributed by atoms with Crippen LogP contribution >= 0.6 is 7.60 Å². The Morgan fingerprint density at radius 3 is 2.07 bits per heavy atom. The Morgan fingerprint density at radius 1 is 1.50 bits per heavy atom. The van der Waals surface area contributed by atoms with E-state index in [1.807, 2.05) is 0 Å². The summed E-state index contributed by atoms with van der Waals surface area (Å²) in [6.07, 6.45) is 0. The van der Waals surface area contributed by atoms with E-state index in [9.17, 15) is 32.1 Å². The lowest BCUT2D eigenvalue weighted by Gasteiger charge is -2.40. The van der Waals surface area contributed by atoms with Crippen molar-refractivity contribution in [1.29, 1.82) is 0 Å². The van der Waals surface area contributed by atoms with Crippen LogP contribution in [0.2, 0.25) is 0 Å². The molecule has 0 aliphatic heterocycles. The van der Waals surface area contributed by atoms with E-state index in [0.717, 1.165) is 0 Å². The molecule has 11 heteroatoms. The third kappa shape index (κ3) is 3.33. The van der Waals surface area contributed by atoms with E-state index in [1.54, 1.807) is 0 Å². The molecule has 0 aliphatic carbocycles. The standard InChI is InChI=1S/C3H7O9PS/c1-3(5,13(6,7)8)2(4)12-14(9,10)11/h5H,1H3,(H2,6,7,8)(H,9,10,11)/p-3. The summed E-state index contributed by atoms with van der Waals surface area (Å²) in [6, 6.07) is 0. The van der Waals surface area contributed by atoms with Gasteiger partial charge in [-0.05, 0) is 14.5 Å². The summed E-state index contributed by atoms with van der Waals surface area (Å²) < 4.78 is 42.6. The molecule has 0 saturated heterocycles. The van der Waals surface area contributed by atoms with Crippen LogP contribution in [0.3, 0.4) is 0 Å². The highest BCUT2D eigenvalue weighted by atomic mass is 32.3. The monoisotopic (exact) mass is 247 g/mol. The van der Waals surface area contributed by atoms with Crippen LogP contribution in [0, 0.1) is 0 Å². The topological polar surface area (TPSA) is 167 Å². The van der Waals surface area contributed by atoms with Crippen LogP contribution in [0.5, 0.6) is 0 Å². The lowest BCUT2D eigenvalue weighted by Crippen LogP contribution is -2.45. The fraction of sp³-hybridized carbons (Fsp3) is 0.667. The maximum atomic E-state index is 10.5. The Balaban J connectivity index is 4.98. The molecular weight excluding hydrogens is 243 g/mol. The maximum absolute atomic E-state index is 10.5. The van der Waals surface area contributed by atoms with Gasteiger partial charge < -0.3 is 28.2 Å². The van der Waals surface area contributed by atoms with Crippen LogP contribution in [-0.4, -0.2) is 29.4 Å². The first-order chi connectivity index (χ1) is 5.88. The molecule has 0 aromatic rings. The molecule has 1 N–H and O–H groups in total. The van der Waals surface area contributed by atoms with Crippen molar-refractivity contribution in [2.45, 2.75) is 12.3 Å². The van der Waals surface area contributed by atoms with Gasteiger partial charge >= 0.3 is 5.97 Å². The third-order valence-corrected chi connectivity index (χ3v) is 2.70. The molecule has 0 bridgehead atoms. The van der Waals surface area contributed by atoms with Crippen molar-refractivity contribution in [3.8, 4) is 0 Å². The van der Waals surface area contributed by atoms with Gasteiger partial charge in [-0.15, -0.1) is 0 Å². The highest BCUT2D eigenvalue weighted by Crippen LogP contribution is 2.40. The van der Waals surface area contributed by atoms with E-state index < -0.39 is 29.3 Å². The second-order valence-corrected chi connectivity index (χ2v) is 5.15. The molecule has 0 amide bonds. The van der Waals surface area contributed by atoms with Crippen molar-refractivity contribution in [2.75, 3.05) is 0 Å². The van der Waals surface area contributed by atoms with Crippen LogP contribution in [0.15, 0.2) is 0 Å². The molecule has 9 nitrogen and oxygen atoms in total. The summed E-state index contributed by atoms with van der Waals surface area (Å²) in [4.78, 5) is 30.9. The highest BCUT2D eigenvalue weighted by molar-refractivity contribution is 7.81. The Kier molecular flexibility index (Phi) is 3.44. The zero-order valence-electron chi connectivity index (χ0n) is 6.57. The predicted molar refractivity (Wildman–Crippen MR) is 34.0 cm³/mol. The maximum Gasteiger partial charge on any atom is 0.357 e. The Bertz CT molecular complexity index is 373. The van der Waals surface area contributed by atoms with Gasteiger partial charge in [0.25, 0.3) is 10.4 Å². The van der Waals surface area contributed by atoms with Crippen molar-refractivity contribution >= 4 is 24.0 Å². The zero-order chi connectivity index (χ0) is 11.8. The molecule has 0 saturated carbocycles. The average Bonchev–Trinajstić information content (AvgIpc) is 1.80. The summed E-state index contributed by atoms with van der Waals surface area (Å²) in [5.41, 5.74) is 0. The lowest BCUT2D eigenvalue weighted by molar-refractivity contribution is -0.327. The minimum Gasteiger partial charge on any atom is -0.808 e. The number of rotatable bonds is 3. The molecule has 1 unspecified atom stereocenters. The molecular formula is C3H4O9PS-3. The summed E-state index contributed by atoms with van der Waals surface area (Å²) in [5, 5.41) is 5.12. The van der Waals surface area contributed by atoms with E-state index in [-0.39, 0.29) is 6.92 Å².